The molecule has 3 N–H and O–H groups in total. The minimum absolute atomic E-state index is 0.00199. The van der Waals surface area contributed by atoms with Crippen LogP contribution in [-0.4, -0.2) is 5.91 Å². The van der Waals surface area contributed by atoms with E-state index in [4.69, 9.17) is 5.73 Å². The lowest BCUT2D eigenvalue weighted by Crippen LogP contribution is -2.26. The zero-order valence-electron chi connectivity index (χ0n) is 11.6. The second-order valence-electron chi connectivity index (χ2n) is 5.75. The Morgan fingerprint density at radius 3 is 2.67 bits per heavy atom. The van der Waals surface area contributed by atoms with Crippen molar-refractivity contribution in [3.8, 4) is 0 Å². The number of hydrogen-bond donors (Lipinski definition) is 2. The van der Waals surface area contributed by atoms with E-state index in [2.05, 4.69) is 31.3 Å². The van der Waals surface area contributed by atoms with Gasteiger partial charge in [0.25, 0.3) is 0 Å². The van der Waals surface area contributed by atoms with Gasteiger partial charge in [-0.3, -0.25) is 4.79 Å². The van der Waals surface area contributed by atoms with Gasteiger partial charge in [0.2, 0.25) is 5.91 Å². The SMILES string of the molecule is CCCC(N)c1cc(C)cc2c1NC(=O)C2(C)C. The lowest BCUT2D eigenvalue weighted by Gasteiger charge is -2.19. The van der Waals surface area contributed by atoms with Crippen LogP contribution < -0.4 is 11.1 Å². The van der Waals surface area contributed by atoms with Crippen molar-refractivity contribution in [3.05, 3.63) is 28.8 Å². The summed E-state index contributed by atoms with van der Waals surface area (Å²) >= 11 is 0. The Morgan fingerprint density at radius 2 is 2.06 bits per heavy atom. The highest BCUT2D eigenvalue weighted by molar-refractivity contribution is 6.06. The molecule has 0 radical (unpaired) electrons. The van der Waals surface area contributed by atoms with Crippen LogP contribution in [0.3, 0.4) is 0 Å². The third-order valence-corrected chi connectivity index (χ3v) is 3.79. The van der Waals surface area contributed by atoms with Crippen molar-refractivity contribution in [2.45, 2.75) is 52.0 Å². The number of fused-ring (bicyclic) bond motifs is 1. The molecule has 0 aromatic heterocycles. The molecule has 1 aromatic rings. The van der Waals surface area contributed by atoms with E-state index in [1.54, 1.807) is 0 Å². The van der Waals surface area contributed by atoms with Crippen molar-refractivity contribution in [2.24, 2.45) is 5.73 Å². The summed E-state index contributed by atoms with van der Waals surface area (Å²) in [6.07, 6.45) is 1.98. The molecule has 98 valence electrons. The standard InChI is InChI=1S/C15H22N2O/c1-5-6-12(16)10-7-9(2)8-11-13(10)17-14(18)15(11,3)4/h7-8,12H,5-6,16H2,1-4H3,(H,17,18). The van der Waals surface area contributed by atoms with Crippen molar-refractivity contribution < 1.29 is 4.79 Å². The highest BCUT2D eigenvalue weighted by Gasteiger charge is 2.40. The minimum Gasteiger partial charge on any atom is -0.325 e. The molecule has 0 aliphatic carbocycles. The highest BCUT2D eigenvalue weighted by atomic mass is 16.2. The van der Waals surface area contributed by atoms with Gasteiger partial charge in [0, 0.05) is 11.7 Å². The van der Waals surface area contributed by atoms with Gasteiger partial charge in [-0.25, -0.2) is 0 Å². The summed E-state index contributed by atoms with van der Waals surface area (Å²) in [5.41, 5.74) is 10.0. The van der Waals surface area contributed by atoms with E-state index in [0.717, 1.165) is 29.7 Å². The number of hydrogen-bond acceptors (Lipinski definition) is 2. The second-order valence-corrected chi connectivity index (χ2v) is 5.75. The highest BCUT2D eigenvalue weighted by Crippen LogP contribution is 2.42. The van der Waals surface area contributed by atoms with Crippen molar-refractivity contribution in [2.75, 3.05) is 5.32 Å². The maximum absolute atomic E-state index is 12.0. The summed E-state index contributed by atoms with van der Waals surface area (Å²) in [7, 11) is 0. The Labute approximate surface area is 109 Å². The Hall–Kier alpha value is -1.35. The van der Waals surface area contributed by atoms with Crippen molar-refractivity contribution in [3.63, 3.8) is 0 Å². The maximum atomic E-state index is 12.0. The molecule has 0 saturated heterocycles. The largest absolute Gasteiger partial charge is 0.325 e. The molecule has 2 rings (SSSR count). The first kappa shape index (κ1) is 13.1. The minimum atomic E-state index is -0.456. The van der Waals surface area contributed by atoms with E-state index in [0.29, 0.717) is 0 Å². The second kappa shape index (κ2) is 4.39. The first-order valence-electron chi connectivity index (χ1n) is 6.60. The number of carbonyl (C=O) groups excluding carboxylic acids is 1. The lowest BCUT2D eigenvalue weighted by atomic mass is 9.83. The van der Waals surface area contributed by atoms with Crippen LogP contribution in [0.1, 0.15) is 56.3 Å². The van der Waals surface area contributed by atoms with E-state index in [-0.39, 0.29) is 11.9 Å². The van der Waals surface area contributed by atoms with E-state index >= 15 is 0 Å². The summed E-state index contributed by atoms with van der Waals surface area (Å²) in [6, 6.07) is 4.19. The third-order valence-electron chi connectivity index (χ3n) is 3.79. The quantitative estimate of drug-likeness (QED) is 0.861. The number of benzene rings is 1. The molecule has 3 heteroatoms. The van der Waals surface area contributed by atoms with E-state index < -0.39 is 5.41 Å². The van der Waals surface area contributed by atoms with Gasteiger partial charge in [-0.2, -0.15) is 0 Å². The lowest BCUT2D eigenvalue weighted by molar-refractivity contribution is -0.119. The number of aryl methyl sites for hydroxylation is 1. The molecule has 0 spiro atoms. The number of anilines is 1. The average Bonchev–Trinajstić information content (AvgIpc) is 2.51. The van der Waals surface area contributed by atoms with Crippen LogP contribution in [0.2, 0.25) is 0 Å². The average molecular weight is 246 g/mol. The molecule has 1 aromatic carbocycles. The Bertz CT molecular complexity index is 492. The molecule has 1 atom stereocenters. The third kappa shape index (κ3) is 1.93. The predicted octanol–water partition coefficient (Wildman–Crippen LogP) is 3.02. The number of carbonyl (C=O) groups is 1. The van der Waals surface area contributed by atoms with Gasteiger partial charge in [0.1, 0.15) is 0 Å². The van der Waals surface area contributed by atoms with Crippen molar-refractivity contribution >= 4 is 11.6 Å². The van der Waals surface area contributed by atoms with Gasteiger partial charge in [0.05, 0.1) is 5.41 Å². The van der Waals surface area contributed by atoms with Gasteiger partial charge in [0.15, 0.2) is 0 Å². The molecule has 0 saturated carbocycles. The topological polar surface area (TPSA) is 55.1 Å². The number of nitrogens with two attached hydrogens (primary N) is 1. The van der Waals surface area contributed by atoms with Crippen LogP contribution in [0.15, 0.2) is 12.1 Å². The summed E-state index contributed by atoms with van der Waals surface area (Å²) in [4.78, 5) is 12.0. The van der Waals surface area contributed by atoms with E-state index in [9.17, 15) is 4.79 Å². The Balaban J connectivity index is 2.56. The van der Waals surface area contributed by atoms with Crippen LogP contribution in [0.25, 0.3) is 0 Å². The summed E-state index contributed by atoms with van der Waals surface area (Å²) < 4.78 is 0. The van der Waals surface area contributed by atoms with Crippen LogP contribution in [0, 0.1) is 6.92 Å². The first-order valence-corrected chi connectivity index (χ1v) is 6.60. The van der Waals surface area contributed by atoms with Crippen molar-refractivity contribution in [1.82, 2.24) is 0 Å². The maximum Gasteiger partial charge on any atom is 0.234 e. The number of amides is 1. The molecule has 0 bridgehead atoms. The van der Waals surface area contributed by atoms with Crippen LogP contribution >= 0.6 is 0 Å². The summed E-state index contributed by atoms with van der Waals surface area (Å²) in [5.74, 6) is 0.0630. The fourth-order valence-corrected chi connectivity index (χ4v) is 2.60. The zero-order chi connectivity index (χ0) is 13.5. The van der Waals surface area contributed by atoms with E-state index in [1.165, 1.54) is 5.56 Å². The van der Waals surface area contributed by atoms with Gasteiger partial charge in [-0.05, 0) is 38.3 Å². The molecule has 18 heavy (non-hydrogen) atoms. The molecule has 1 amide bonds. The molecule has 1 aliphatic heterocycles. The molecule has 3 nitrogen and oxygen atoms in total. The molecule has 1 aliphatic rings. The van der Waals surface area contributed by atoms with Crippen LogP contribution in [0.5, 0.6) is 0 Å². The molecule has 1 unspecified atom stereocenters. The Morgan fingerprint density at radius 1 is 1.39 bits per heavy atom. The monoisotopic (exact) mass is 246 g/mol. The zero-order valence-corrected chi connectivity index (χ0v) is 11.6. The Kier molecular flexibility index (Phi) is 3.20. The predicted molar refractivity (Wildman–Crippen MR) is 74.7 cm³/mol. The smallest absolute Gasteiger partial charge is 0.234 e. The van der Waals surface area contributed by atoms with Crippen molar-refractivity contribution in [1.29, 1.82) is 0 Å². The van der Waals surface area contributed by atoms with Gasteiger partial charge >= 0.3 is 0 Å². The summed E-state index contributed by atoms with van der Waals surface area (Å²) in [5, 5.41) is 3.00. The number of nitrogens with one attached hydrogen (secondary N) is 1. The normalized spacial score (nSPS) is 18.4. The fraction of sp³-hybridized carbons (Fsp3) is 0.533. The molecule has 0 fully saturated rings. The fourth-order valence-electron chi connectivity index (χ4n) is 2.60. The summed E-state index contributed by atoms with van der Waals surface area (Å²) in [6.45, 7) is 8.10. The first-order chi connectivity index (χ1) is 8.37. The van der Waals surface area contributed by atoms with Gasteiger partial charge in [-0.15, -0.1) is 0 Å². The van der Waals surface area contributed by atoms with Gasteiger partial charge in [-0.1, -0.05) is 31.0 Å². The molecular formula is C15H22N2O. The molecular weight excluding hydrogens is 224 g/mol. The van der Waals surface area contributed by atoms with Crippen LogP contribution in [0.4, 0.5) is 5.69 Å². The van der Waals surface area contributed by atoms with E-state index in [1.807, 2.05) is 13.8 Å². The molecule has 1 heterocycles. The van der Waals surface area contributed by atoms with Crippen LogP contribution in [-0.2, 0) is 10.2 Å². The number of rotatable bonds is 3. The van der Waals surface area contributed by atoms with Gasteiger partial charge < -0.3 is 11.1 Å².